The van der Waals surface area contributed by atoms with Gasteiger partial charge in [0.05, 0.1) is 18.2 Å². The van der Waals surface area contributed by atoms with Crippen LogP contribution < -0.4 is 5.32 Å². The van der Waals surface area contributed by atoms with Gasteiger partial charge in [-0.3, -0.25) is 0 Å². The van der Waals surface area contributed by atoms with Crippen molar-refractivity contribution in [3.8, 4) is 11.5 Å². The van der Waals surface area contributed by atoms with Crippen LogP contribution in [0.4, 0.5) is 5.82 Å². The van der Waals surface area contributed by atoms with Crippen molar-refractivity contribution in [1.29, 1.82) is 0 Å². The fourth-order valence-electron chi connectivity index (χ4n) is 2.13. The second kappa shape index (κ2) is 5.21. The van der Waals surface area contributed by atoms with Crippen LogP contribution in [0, 0.1) is 0 Å². The summed E-state index contributed by atoms with van der Waals surface area (Å²) in [6.45, 7) is 3.10. The number of aryl methyl sites for hydroxylation is 1. The molecule has 0 unspecified atom stereocenters. The van der Waals surface area contributed by atoms with Crippen molar-refractivity contribution in [2.75, 3.05) is 11.9 Å². The second-order valence-electron chi connectivity index (χ2n) is 4.63. The highest BCUT2D eigenvalue weighted by molar-refractivity contribution is 7.98. The van der Waals surface area contributed by atoms with Gasteiger partial charge in [0, 0.05) is 30.7 Å². The van der Waals surface area contributed by atoms with E-state index in [-0.39, 0.29) is 0 Å². The summed E-state index contributed by atoms with van der Waals surface area (Å²) >= 11 is 1.90. The zero-order chi connectivity index (χ0) is 13.2. The molecule has 100 valence electrons. The van der Waals surface area contributed by atoms with Crippen LogP contribution in [-0.2, 0) is 18.6 Å². The van der Waals surface area contributed by atoms with E-state index in [4.69, 9.17) is 4.98 Å². The van der Waals surface area contributed by atoms with E-state index >= 15 is 0 Å². The first kappa shape index (κ1) is 12.5. The first-order chi connectivity index (χ1) is 9.29. The maximum atomic E-state index is 4.69. The van der Waals surface area contributed by atoms with E-state index in [1.54, 1.807) is 6.33 Å². The van der Waals surface area contributed by atoms with Gasteiger partial charge in [-0.2, -0.15) is 11.8 Å². The molecule has 0 spiro atoms. The Bertz CT molecular complexity index is 593. The van der Waals surface area contributed by atoms with E-state index in [0.717, 1.165) is 47.5 Å². The molecule has 0 aromatic carbocycles. The third-order valence-corrected chi connectivity index (χ3v) is 4.14. The Hall–Kier alpha value is -1.56. The Morgan fingerprint density at radius 2 is 2.26 bits per heavy atom. The van der Waals surface area contributed by atoms with E-state index in [1.807, 2.05) is 29.6 Å². The van der Waals surface area contributed by atoms with Crippen molar-refractivity contribution < 1.29 is 0 Å². The topological polar surface area (TPSA) is 55.6 Å². The molecule has 0 saturated carbocycles. The number of hydrogen-bond acceptors (Lipinski definition) is 5. The average Bonchev–Trinajstić information content (AvgIpc) is 3.03. The normalized spacial score (nSPS) is 13.6. The number of anilines is 1. The fraction of sp³-hybridized carbons (Fsp3) is 0.462. The summed E-state index contributed by atoms with van der Waals surface area (Å²) in [5, 5.41) is 3.42. The lowest BCUT2D eigenvalue weighted by molar-refractivity contribution is 0.900. The van der Waals surface area contributed by atoms with E-state index < -0.39 is 0 Å². The fourth-order valence-corrected chi connectivity index (χ4v) is 3.17. The summed E-state index contributed by atoms with van der Waals surface area (Å²) in [6.07, 6.45) is 4.68. The number of thioether (sulfide) groups is 1. The molecular weight excluding hydrogens is 258 g/mol. The lowest BCUT2D eigenvalue weighted by Crippen LogP contribution is -2.08. The molecule has 0 fully saturated rings. The molecule has 5 nitrogen and oxygen atoms in total. The van der Waals surface area contributed by atoms with Crippen LogP contribution in [0.3, 0.4) is 0 Å². The molecule has 0 radical (unpaired) electrons. The summed E-state index contributed by atoms with van der Waals surface area (Å²) in [5.74, 6) is 3.74. The van der Waals surface area contributed by atoms with Crippen molar-refractivity contribution in [1.82, 2.24) is 19.5 Å². The van der Waals surface area contributed by atoms with Crippen LogP contribution >= 0.6 is 11.8 Å². The summed E-state index contributed by atoms with van der Waals surface area (Å²) in [7, 11) is 1.97. The standard InChI is InChI=1S/C13H17N5S/c1-3-4-15-12-9-6-19-7-10(9)16-13(17-12)11-5-14-8-18(11)2/h5,8H,3-4,6-7H2,1-2H3,(H,15,16,17). The third kappa shape index (κ3) is 2.32. The lowest BCUT2D eigenvalue weighted by Gasteiger charge is -2.11. The summed E-state index contributed by atoms with van der Waals surface area (Å²) in [6, 6.07) is 0. The molecule has 3 heterocycles. The van der Waals surface area contributed by atoms with Crippen LogP contribution in [0.25, 0.3) is 11.5 Å². The van der Waals surface area contributed by atoms with Crippen molar-refractivity contribution >= 4 is 17.6 Å². The van der Waals surface area contributed by atoms with Gasteiger partial charge < -0.3 is 9.88 Å². The molecule has 0 bridgehead atoms. The second-order valence-corrected chi connectivity index (χ2v) is 5.62. The van der Waals surface area contributed by atoms with Crippen molar-refractivity contribution in [2.24, 2.45) is 7.05 Å². The maximum absolute atomic E-state index is 4.69. The van der Waals surface area contributed by atoms with E-state index in [1.165, 1.54) is 5.56 Å². The Morgan fingerprint density at radius 3 is 3.00 bits per heavy atom. The molecule has 2 aromatic heterocycles. The zero-order valence-electron chi connectivity index (χ0n) is 11.2. The molecule has 6 heteroatoms. The highest BCUT2D eigenvalue weighted by atomic mass is 32.2. The maximum Gasteiger partial charge on any atom is 0.180 e. The Balaban J connectivity index is 2.05. The largest absolute Gasteiger partial charge is 0.370 e. The molecule has 0 aliphatic carbocycles. The molecule has 19 heavy (non-hydrogen) atoms. The van der Waals surface area contributed by atoms with Crippen molar-refractivity contribution in [3.05, 3.63) is 23.8 Å². The molecule has 0 atom stereocenters. The zero-order valence-corrected chi connectivity index (χ0v) is 12.0. The van der Waals surface area contributed by atoms with Gasteiger partial charge in [0.25, 0.3) is 0 Å². The Kier molecular flexibility index (Phi) is 3.42. The highest BCUT2D eigenvalue weighted by Crippen LogP contribution is 2.34. The monoisotopic (exact) mass is 275 g/mol. The first-order valence-corrected chi connectivity index (χ1v) is 7.63. The predicted molar refractivity (Wildman–Crippen MR) is 78.0 cm³/mol. The Labute approximate surface area is 116 Å². The van der Waals surface area contributed by atoms with Gasteiger partial charge >= 0.3 is 0 Å². The van der Waals surface area contributed by atoms with Gasteiger partial charge in [-0.15, -0.1) is 0 Å². The van der Waals surface area contributed by atoms with Crippen LogP contribution in [0.1, 0.15) is 24.6 Å². The van der Waals surface area contributed by atoms with E-state index in [9.17, 15) is 0 Å². The van der Waals surface area contributed by atoms with Crippen LogP contribution in [0.5, 0.6) is 0 Å². The number of aromatic nitrogens is 4. The molecule has 1 N–H and O–H groups in total. The minimum Gasteiger partial charge on any atom is -0.370 e. The van der Waals surface area contributed by atoms with E-state index in [0.29, 0.717) is 0 Å². The molecular formula is C13H17N5S. The summed E-state index contributed by atoms with van der Waals surface area (Å²) in [5.41, 5.74) is 3.39. The number of rotatable bonds is 4. The number of imidazole rings is 1. The van der Waals surface area contributed by atoms with Crippen LogP contribution in [0.15, 0.2) is 12.5 Å². The van der Waals surface area contributed by atoms with Gasteiger partial charge in [-0.25, -0.2) is 15.0 Å². The highest BCUT2D eigenvalue weighted by Gasteiger charge is 2.20. The minimum atomic E-state index is 0.764. The van der Waals surface area contributed by atoms with Crippen LogP contribution in [0.2, 0.25) is 0 Å². The van der Waals surface area contributed by atoms with Gasteiger partial charge in [-0.05, 0) is 6.42 Å². The molecule has 0 amide bonds. The van der Waals surface area contributed by atoms with Gasteiger partial charge in [-0.1, -0.05) is 6.92 Å². The van der Waals surface area contributed by atoms with Crippen molar-refractivity contribution in [2.45, 2.75) is 24.9 Å². The minimum absolute atomic E-state index is 0.764. The quantitative estimate of drug-likeness (QED) is 0.929. The average molecular weight is 275 g/mol. The van der Waals surface area contributed by atoms with Crippen LogP contribution in [-0.4, -0.2) is 26.1 Å². The molecule has 1 aliphatic rings. The molecule has 3 rings (SSSR count). The number of hydrogen-bond donors (Lipinski definition) is 1. The SMILES string of the molecule is CCCNc1nc(-c2cncn2C)nc2c1CSC2. The van der Waals surface area contributed by atoms with Gasteiger partial charge in [0.15, 0.2) is 5.82 Å². The Morgan fingerprint density at radius 1 is 1.37 bits per heavy atom. The number of nitrogens with zero attached hydrogens (tertiary/aromatic N) is 4. The number of fused-ring (bicyclic) bond motifs is 1. The van der Waals surface area contributed by atoms with E-state index in [2.05, 4.69) is 22.2 Å². The summed E-state index contributed by atoms with van der Waals surface area (Å²) < 4.78 is 1.95. The lowest BCUT2D eigenvalue weighted by atomic mass is 10.2. The third-order valence-electron chi connectivity index (χ3n) is 3.17. The van der Waals surface area contributed by atoms with Gasteiger partial charge in [0.2, 0.25) is 0 Å². The molecule has 0 saturated heterocycles. The smallest absolute Gasteiger partial charge is 0.180 e. The van der Waals surface area contributed by atoms with Gasteiger partial charge in [0.1, 0.15) is 11.5 Å². The number of nitrogens with one attached hydrogen (secondary N) is 1. The predicted octanol–water partition coefficient (Wildman–Crippen LogP) is 2.45. The molecule has 1 aliphatic heterocycles. The summed E-state index contributed by atoms with van der Waals surface area (Å²) in [4.78, 5) is 13.5. The molecule has 2 aromatic rings. The van der Waals surface area contributed by atoms with Crippen molar-refractivity contribution in [3.63, 3.8) is 0 Å². The first-order valence-electron chi connectivity index (χ1n) is 6.47.